The molecule has 0 N–H and O–H groups in total. The molecule has 182 valence electrons. The Bertz CT molecular complexity index is 721. The van der Waals surface area contributed by atoms with E-state index in [2.05, 4.69) is 9.80 Å². The second-order valence-electron chi connectivity index (χ2n) is 9.09. The Kier molecular flexibility index (Phi) is 9.05. The van der Waals surface area contributed by atoms with Gasteiger partial charge in [-0.3, -0.25) is 24.4 Å². The Morgan fingerprint density at radius 2 is 1.15 bits per heavy atom. The van der Waals surface area contributed by atoms with E-state index in [-0.39, 0.29) is 11.8 Å². The molecule has 2 saturated heterocycles. The van der Waals surface area contributed by atoms with Crippen LogP contribution in [0.4, 0.5) is 0 Å². The van der Waals surface area contributed by atoms with Crippen molar-refractivity contribution in [2.24, 2.45) is 0 Å². The van der Waals surface area contributed by atoms with Crippen LogP contribution in [-0.2, 0) is 32.2 Å². The summed E-state index contributed by atoms with van der Waals surface area (Å²) in [4.78, 5) is 38.7. The van der Waals surface area contributed by atoms with Gasteiger partial charge in [0, 0.05) is 39.3 Å². The number of ether oxygens (including phenoxy) is 2. The van der Waals surface area contributed by atoms with Crippen LogP contribution in [0.25, 0.3) is 0 Å². The normalized spacial score (nSPS) is 21.8. The number of amides is 2. The molecule has 2 bridgehead atoms. The van der Waals surface area contributed by atoms with Crippen molar-refractivity contribution in [1.82, 2.24) is 24.6 Å². The monoisotopic (exact) mass is 459 g/mol. The van der Waals surface area contributed by atoms with Crippen LogP contribution in [-0.4, -0.2) is 115 Å². The van der Waals surface area contributed by atoms with E-state index in [1.165, 1.54) is 0 Å². The number of rotatable bonds is 4. The molecule has 3 aliphatic heterocycles. The van der Waals surface area contributed by atoms with Crippen molar-refractivity contribution in [3.05, 3.63) is 29.6 Å². The maximum absolute atomic E-state index is 12.8. The van der Waals surface area contributed by atoms with Crippen LogP contribution in [0, 0.1) is 0 Å². The van der Waals surface area contributed by atoms with E-state index in [4.69, 9.17) is 14.5 Å². The lowest BCUT2D eigenvalue weighted by Gasteiger charge is -2.31. The third-order valence-corrected chi connectivity index (χ3v) is 6.53. The third kappa shape index (κ3) is 7.46. The van der Waals surface area contributed by atoms with Crippen LogP contribution >= 0.6 is 0 Å². The lowest BCUT2D eigenvalue weighted by atomic mass is 10.2. The quantitative estimate of drug-likeness (QED) is 0.652. The molecule has 0 unspecified atom stereocenters. The van der Waals surface area contributed by atoms with E-state index < -0.39 is 0 Å². The number of aromatic nitrogens is 1. The predicted octanol–water partition coefficient (Wildman–Crippen LogP) is 0.587. The average molecular weight is 460 g/mol. The highest BCUT2D eigenvalue weighted by molar-refractivity contribution is 5.78. The van der Waals surface area contributed by atoms with E-state index in [1.807, 2.05) is 28.0 Å². The van der Waals surface area contributed by atoms with Gasteiger partial charge in [0.1, 0.15) is 0 Å². The standard InChI is InChI=1S/C24H37N5O4/c30-23(28-9-13-32-14-10-28)19-26-7-2-1-3-8-27(18-22-6-4-5-21(17-26)25-22)20-24(31)29-11-15-33-16-12-29/h4-6H,1-3,7-20H2. The Balaban J connectivity index is 1.38. The molecule has 0 spiro atoms. The van der Waals surface area contributed by atoms with Crippen molar-refractivity contribution >= 4 is 11.8 Å². The van der Waals surface area contributed by atoms with Gasteiger partial charge < -0.3 is 19.3 Å². The molecule has 4 rings (SSSR count). The first-order chi connectivity index (χ1) is 16.2. The number of hydrogen-bond acceptors (Lipinski definition) is 7. The minimum Gasteiger partial charge on any atom is -0.378 e. The Labute approximate surface area is 196 Å². The van der Waals surface area contributed by atoms with Gasteiger partial charge in [-0.1, -0.05) is 12.5 Å². The Hall–Kier alpha value is -2.07. The van der Waals surface area contributed by atoms with E-state index >= 15 is 0 Å². The minimum absolute atomic E-state index is 0.175. The number of carbonyl (C=O) groups is 2. The zero-order chi connectivity index (χ0) is 22.9. The molecule has 9 nitrogen and oxygen atoms in total. The number of morpholine rings is 2. The summed E-state index contributed by atoms with van der Waals surface area (Å²) in [6, 6.07) is 6.10. The topological polar surface area (TPSA) is 78.5 Å². The fourth-order valence-electron chi connectivity index (χ4n) is 4.65. The number of hydrogen-bond donors (Lipinski definition) is 0. The average Bonchev–Trinajstić information content (AvgIpc) is 2.84. The largest absolute Gasteiger partial charge is 0.378 e. The van der Waals surface area contributed by atoms with Gasteiger partial charge in [0.05, 0.1) is 50.9 Å². The molecule has 33 heavy (non-hydrogen) atoms. The number of pyridine rings is 1. The van der Waals surface area contributed by atoms with Crippen molar-refractivity contribution in [2.45, 2.75) is 32.4 Å². The molecule has 0 saturated carbocycles. The van der Waals surface area contributed by atoms with Crippen molar-refractivity contribution in [2.75, 3.05) is 78.8 Å². The summed E-state index contributed by atoms with van der Waals surface area (Å²) in [5.41, 5.74) is 1.95. The third-order valence-electron chi connectivity index (χ3n) is 6.53. The number of nitrogens with zero attached hydrogens (tertiary/aromatic N) is 5. The van der Waals surface area contributed by atoms with Gasteiger partial charge in [0.15, 0.2) is 0 Å². The van der Waals surface area contributed by atoms with Gasteiger partial charge >= 0.3 is 0 Å². The van der Waals surface area contributed by atoms with Gasteiger partial charge in [-0.2, -0.15) is 0 Å². The molecule has 0 aromatic carbocycles. The molecule has 9 heteroatoms. The van der Waals surface area contributed by atoms with Gasteiger partial charge in [-0.15, -0.1) is 0 Å². The summed E-state index contributed by atoms with van der Waals surface area (Å²) in [6.07, 6.45) is 3.13. The van der Waals surface area contributed by atoms with Gasteiger partial charge in [-0.05, 0) is 38.1 Å². The van der Waals surface area contributed by atoms with Crippen molar-refractivity contribution in [3.8, 4) is 0 Å². The van der Waals surface area contributed by atoms with Crippen molar-refractivity contribution in [1.29, 1.82) is 0 Å². The van der Waals surface area contributed by atoms with E-state index in [1.54, 1.807) is 0 Å². The van der Waals surface area contributed by atoms with Crippen LogP contribution in [0.2, 0.25) is 0 Å². The summed E-state index contributed by atoms with van der Waals surface area (Å²) in [5.74, 6) is 0.351. The maximum Gasteiger partial charge on any atom is 0.236 e. The minimum atomic E-state index is 0.175. The first kappa shape index (κ1) is 24.1. The second-order valence-corrected chi connectivity index (χ2v) is 9.09. The second kappa shape index (κ2) is 12.4. The van der Waals surface area contributed by atoms with Crippen LogP contribution in [0.3, 0.4) is 0 Å². The smallest absolute Gasteiger partial charge is 0.236 e. The van der Waals surface area contributed by atoms with E-state index in [0.29, 0.717) is 78.8 Å². The van der Waals surface area contributed by atoms with Crippen molar-refractivity contribution < 1.29 is 19.1 Å². The lowest BCUT2D eigenvalue weighted by Crippen LogP contribution is -2.46. The zero-order valence-electron chi connectivity index (χ0n) is 19.6. The van der Waals surface area contributed by atoms with Crippen LogP contribution in [0.15, 0.2) is 18.2 Å². The molecular formula is C24H37N5O4. The van der Waals surface area contributed by atoms with Crippen molar-refractivity contribution in [3.63, 3.8) is 0 Å². The zero-order valence-corrected chi connectivity index (χ0v) is 19.6. The summed E-state index contributed by atoms with van der Waals surface area (Å²) in [5, 5.41) is 0. The highest BCUT2D eigenvalue weighted by Gasteiger charge is 2.22. The summed E-state index contributed by atoms with van der Waals surface area (Å²) in [6.45, 7) is 9.13. The predicted molar refractivity (Wildman–Crippen MR) is 123 cm³/mol. The number of fused-ring (bicyclic) bond motifs is 2. The van der Waals surface area contributed by atoms with Gasteiger partial charge in [0.25, 0.3) is 0 Å². The molecule has 0 aliphatic carbocycles. The molecule has 2 amide bonds. The van der Waals surface area contributed by atoms with Gasteiger partial charge in [-0.25, -0.2) is 0 Å². The highest BCUT2D eigenvalue weighted by Crippen LogP contribution is 2.13. The van der Waals surface area contributed by atoms with Crippen LogP contribution < -0.4 is 0 Å². The molecule has 3 aliphatic rings. The highest BCUT2D eigenvalue weighted by atomic mass is 16.5. The van der Waals surface area contributed by atoms with Crippen LogP contribution in [0.1, 0.15) is 30.7 Å². The first-order valence-corrected chi connectivity index (χ1v) is 12.3. The molecule has 2 fully saturated rings. The summed E-state index contributed by atoms with van der Waals surface area (Å²) >= 11 is 0. The number of carbonyl (C=O) groups excluding carboxylic acids is 2. The fraction of sp³-hybridized carbons (Fsp3) is 0.708. The molecule has 0 atom stereocenters. The van der Waals surface area contributed by atoms with Gasteiger partial charge in [0.2, 0.25) is 11.8 Å². The summed E-state index contributed by atoms with van der Waals surface area (Å²) < 4.78 is 10.8. The maximum atomic E-state index is 12.8. The molecule has 0 radical (unpaired) electrons. The molecule has 4 heterocycles. The first-order valence-electron chi connectivity index (χ1n) is 12.3. The molecule has 1 aromatic heterocycles. The Morgan fingerprint density at radius 3 is 1.61 bits per heavy atom. The molecule has 1 aromatic rings. The van der Waals surface area contributed by atoms with E-state index in [9.17, 15) is 9.59 Å². The lowest BCUT2D eigenvalue weighted by molar-refractivity contribution is -0.137. The Morgan fingerprint density at radius 1 is 0.697 bits per heavy atom. The fourth-order valence-corrected chi connectivity index (χ4v) is 4.65. The van der Waals surface area contributed by atoms with Crippen LogP contribution in [0.5, 0.6) is 0 Å². The molecular weight excluding hydrogens is 422 g/mol. The van der Waals surface area contributed by atoms with E-state index in [0.717, 1.165) is 43.7 Å². The summed E-state index contributed by atoms with van der Waals surface area (Å²) in [7, 11) is 0. The SMILES string of the molecule is O=C(CN1CCCCCN(CC(=O)N2CCOCC2)Cc2cccc(n2)C1)N1CCOCC1.